The van der Waals surface area contributed by atoms with Crippen LogP contribution in [-0.4, -0.2) is 20.7 Å². The first-order valence-corrected chi connectivity index (χ1v) is 10.8. The van der Waals surface area contributed by atoms with E-state index in [9.17, 15) is 9.18 Å². The lowest BCUT2D eigenvalue weighted by Crippen LogP contribution is -2.31. The van der Waals surface area contributed by atoms with Crippen molar-refractivity contribution in [2.75, 3.05) is 10.6 Å². The van der Waals surface area contributed by atoms with E-state index in [-0.39, 0.29) is 11.7 Å². The van der Waals surface area contributed by atoms with Gasteiger partial charge in [0.15, 0.2) is 0 Å². The maximum Gasteiger partial charge on any atom is 0.255 e. The van der Waals surface area contributed by atoms with Crippen LogP contribution in [0.1, 0.15) is 24.1 Å². The Morgan fingerprint density at radius 2 is 1.88 bits per heavy atom. The van der Waals surface area contributed by atoms with Gasteiger partial charge in [-0.05, 0) is 54.4 Å². The Morgan fingerprint density at radius 3 is 2.68 bits per heavy atom. The molecule has 1 aliphatic rings. The second-order valence-electron chi connectivity index (χ2n) is 7.90. The van der Waals surface area contributed by atoms with Crippen LogP contribution < -0.4 is 15.4 Å². The molecule has 0 fully saturated rings. The van der Waals surface area contributed by atoms with Crippen molar-refractivity contribution in [3.63, 3.8) is 0 Å². The molecule has 4 aromatic rings. The smallest absolute Gasteiger partial charge is 0.255 e. The molecular formula is C26H22FN5O2. The summed E-state index contributed by atoms with van der Waals surface area (Å²) >= 11 is 0. The summed E-state index contributed by atoms with van der Waals surface area (Å²) in [4.78, 5) is 17.7. The fourth-order valence-corrected chi connectivity index (χ4v) is 3.93. The van der Waals surface area contributed by atoms with Crippen molar-refractivity contribution in [3.8, 4) is 5.75 Å². The van der Waals surface area contributed by atoms with Crippen molar-refractivity contribution in [2.45, 2.75) is 19.6 Å². The SMILES string of the molecule is CC1=C(C(=O)Nc2ccccc2)[C@@H](c2cccc(OCc3ccc(F)cc3)c2)n2ncnc2N1. The first-order valence-electron chi connectivity index (χ1n) is 10.8. The Bertz CT molecular complexity index is 1350. The molecule has 2 N–H and O–H groups in total. The molecule has 2 heterocycles. The lowest BCUT2D eigenvalue weighted by Gasteiger charge is -2.29. The summed E-state index contributed by atoms with van der Waals surface area (Å²) in [5.74, 6) is 0.655. The van der Waals surface area contributed by atoms with Crippen LogP contribution in [0.4, 0.5) is 16.0 Å². The van der Waals surface area contributed by atoms with E-state index in [0.717, 1.165) is 11.1 Å². The maximum atomic E-state index is 13.4. The summed E-state index contributed by atoms with van der Waals surface area (Å²) in [7, 11) is 0. The number of nitrogens with one attached hydrogen (secondary N) is 2. The summed E-state index contributed by atoms with van der Waals surface area (Å²) < 4.78 is 20.8. The summed E-state index contributed by atoms with van der Waals surface area (Å²) in [5.41, 5.74) is 3.59. The zero-order valence-electron chi connectivity index (χ0n) is 18.4. The van der Waals surface area contributed by atoms with Gasteiger partial charge in [0.25, 0.3) is 5.91 Å². The number of amides is 1. The Balaban J connectivity index is 1.45. The number of halogens is 1. The molecule has 0 saturated carbocycles. The minimum Gasteiger partial charge on any atom is -0.489 e. The number of aromatic nitrogens is 3. The van der Waals surface area contributed by atoms with E-state index in [2.05, 4.69) is 20.7 Å². The van der Waals surface area contributed by atoms with Gasteiger partial charge in [-0.15, -0.1) is 0 Å². The predicted molar refractivity (Wildman–Crippen MR) is 127 cm³/mol. The molecule has 8 heteroatoms. The number of benzene rings is 3. The number of para-hydroxylation sites is 1. The molecule has 0 aliphatic carbocycles. The number of nitrogens with zero attached hydrogens (tertiary/aromatic N) is 3. The van der Waals surface area contributed by atoms with Crippen molar-refractivity contribution < 1.29 is 13.9 Å². The first-order chi connectivity index (χ1) is 16.6. The van der Waals surface area contributed by atoms with Crippen LogP contribution >= 0.6 is 0 Å². The van der Waals surface area contributed by atoms with Gasteiger partial charge < -0.3 is 15.4 Å². The number of carbonyl (C=O) groups is 1. The largest absolute Gasteiger partial charge is 0.489 e. The van der Waals surface area contributed by atoms with Gasteiger partial charge in [-0.25, -0.2) is 9.07 Å². The normalized spacial score (nSPS) is 14.8. The second kappa shape index (κ2) is 9.19. The lowest BCUT2D eigenvalue weighted by molar-refractivity contribution is -0.113. The van der Waals surface area contributed by atoms with Gasteiger partial charge in [-0.3, -0.25) is 4.79 Å². The number of carbonyl (C=O) groups excluding carboxylic acids is 1. The van der Waals surface area contributed by atoms with Gasteiger partial charge in [-0.2, -0.15) is 10.1 Å². The van der Waals surface area contributed by atoms with Gasteiger partial charge >= 0.3 is 0 Å². The monoisotopic (exact) mass is 455 g/mol. The Kier molecular flexibility index (Phi) is 5.78. The molecule has 5 rings (SSSR count). The fourth-order valence-electron chi connectivity index (χ4n) is 3.93. The molecule has 0 radical (unpaired) electrons. The molecule has 0 saturated heterocycles. The predicted octanol–water partition coefficient (Wildman–Crippen LogP) is 4.92. The van der Waals surface area contributed by atoms with Crippen molar-refractivity contribution in [1.29, 1.82) is 0 Å². The number of hydrogen-bond acceptors (Lipinski definition) is 5. The minimum absolute atomic E-state index is 0.236. The Hall–Kier alpha value is -4.46. The summed E-state index contributed by atoms with van der Waals surface area (Å²) in [6.45, 7) is 2.14. The van der Waals surface area contributed by atoms with E-state index in [1.807, 2.05) is 61.5 Å². The number of ether oxygens (including phenoxy) is 1. The number of fused-ring (bicyclic) bond motifs is 1. The van der Waals surface area contributed by atoms with Crippen molar-refractivity contribution in [2.24, 2.45) is 0 Å². The van der Waals surface area contributed by atoms with E-state index in [1.165, 1.54) is 18.5 Å². The molecule has 1 amide bonds. The van der Waals surface area contributed by atoms with Crippen LogP contribution in [0.15, 0.2) is 96.5 Å². The first kappa shape index (κ1) is 21.4. The van der Waals surface area contributed by atoms with Crippen LogP contribution in [0.2, 0.25) is 0 Å². The Labute approximate surface area is 195 Å². The molecule has 1 aliphatic heterocycles. The van der Waals surface area contributed by atoms with Gasteiger partial charge in [0.2, 0.25) is 5.95 Å². The minimum atomic E-state index is -0.503. The quantitative estimate of drug-likeness (QED) is 0.431. The zero-order valence-corrected chi connectivity index (χ0v) is 18.4. The van der Waals surface area contributed by atoms with Crippen LogP contribution in [0, 0.1) is 5.82 Å². The van der Waals surface area contributed by atoms with Crippen molar-refractivity contribution in [3.05, 3.63) is 113 Å². The van der Waals surface area contributed by atoms with Gasteiger partial charge in [-0.1, -0.05) is 42.5 Å². The van der Waals surface area contributed by atoms with Crippen LogP contribution in [0.25, 0.3) is 0 Å². The second-order valence-corrected chi connectivity index (χ2v) is 7.90. The van der Waals surface area contributed by atoms with E-state index in [1.54, 1.807) is 16.8 Å². The summed E-state index contributed by atoms with van der Waals surface area (Å²) in [6.07, 6.45) is 1.45. The summed E-state index contributed by atoms with van der Waals surface area (Å²) in [5, 5.41) is 10.5. The molecule has 0 spiro atoms. The third-order valence-corrected chi connectivity index (χ3v) is 5.56. The fraction of sp³-hybridized carbons (Fsp3) is 0.115. The number of allylic oxidation sites excluding steroid dienone is 1. The zero-order chi connectivity index (χ0) is 23.5. The average molecular weight is 455 g/mol. The number of hydrogen-bond donors (Lipinski definition) is 2. The molecule has 7 nitrogen and oxygen atoms in total. The van der Waals surface area contributed by atoms with Crippen LogP contribution in [-0.2, 0) is 11.4 Å². The van der Waals surface area contributed by atoms with Gasteiger partial charge in [0, 0.05) is 11.4 Å². The Morgan fingerprint density at radius 1 is 1.09 bits per heavy atom. The van der Waals surface area contributed by atoms with Gasteiger partial charge in [0.1, 0.15) is 30.5 Å². The van der Waals surface area contributed by atoms with Crippen molar-refractivity contribution in [1.82, 2.24) is 14.8 Å². The third-order valence-electron chi connectivity index (χ3n) is 5.56. The molecular weight excluding hydrogens is 433 g/mol. The van der Waals surface area contributed by atoms with Gasteiger partial charge in [0.05, 0.1) is 5.57 Å². The lowest BCUT2D eigenvalue weighted by atomic mass is 9.95. The molecule has 1 atom stereocenters. The average Bonchev–Trinajstić information content (AvgIpc) is 3.31. The molecule has 0 bridgehead atoms. The standard InChI is InChI=1S/C26H22FN5O2/c1-17-23(25(33)31-21-7-3-2-4-8-21)24(32-26(30-17)28-16-29-32)19-6-5-9-22(14-19)34-15-18-10-12-20(27)13-11-18/h2-14,16,24H,15H2,1H3,(H,31,33)(H,28,29,30)/t24-/m1/s1. The van der Waals surface area contributed by atoms with Crippen molar-refractivity contribution >= 4 is 17.5 Å². The summed E-state index contributed by atoms with van der Waals surface area (Å²) in [6, 6.07) is 22.5. The van der Waals surface area contributed by atoms with Crippen LogP contribution in [0.5, 0.6) is 5.75 Å². The highest BCUT2D eigenvalue weighted by atomic mass is 19.1. The molecule has 0 unspecified atom stereocenters. The molecule has 170 valence electrons. The van der Waals surface area contributed by atoms with E-state index >= 15 is 0 Å². The molecule has 34 heavy (non-hydrogen) atoms. The molecule has 1 aromatic heterocycles. The third kappa shape index (κ3) is 4.38. The van der Waals surface area contributed by atoms with Crippen LogP contribution in [0.3, 0.4) is 0 Å². The maximum absolute atomic E-state index is 13.4. The number of rotatable bonds is 6. The van der Waals surface area contributed by atoms with E-state index < -0.39 is 6.04 Å². The van der Waals surface area contributed by atoms with E-state index in [4.69, 9.17) is 4.74 Å². The van der Waals surface area contributed by atoms with E-state index in [0.29, 0.717) is 35.3 Å². The highest BCUT2D eigenvalue weighted by Gasteiger charge is 2.33. The highest BCUT2D eigenvalue weighted by molar-refractivity contribution is 6.06. The highest BCUT2D eigenvalue weighted by Crippen LogP contribution is 2.36. The topological polar surface area (TPSA) is 81.1 Å². The number of anilines is 2. The molecule has 3 aromatic carbocycles.